The Labute approximate surface area is 99.3 Å². The molecule has 0 amide bonds. The molecule has 0 N–H and O–H groups in total. The van der Waals surface area contributed by atoms with E-state index < -0.39 is 9.84 Å². The molecular weight excluding hydrogens is 232 g/mol. The van der Waals surface area contributed by atoms with E-state index in [-0.39, 0.29) is 11.2 Å². The molecule has 0 spiro atoms. The van der Waals surface area contributed by atoms with E-state index >= 15 is 0 Å². The highest BCUT2D eigenvalue weighted by Gasteiger charge is 2.24. The van der Waals surface area contributed by atoms with Crippen LogP contribution in [0.25, 0.3) is 0 Å². The van der Waals surface area contributed by atoms with Crippen molar-refractivity contribution in [1.82, 2.24) is 0 Å². The summed E-state index contributed by atoms with van der Waals surface area (Å²) >= 11 is 5.90. The van der Waals surface area contributed by atoms with Crippen LogP contribution in [0.4, 0.5) is 0 Å². The third-order valence-corrected chi connectivity index (χ3v) is 5.21. The Bertz CT molecular complexity index is 262. The van der Waals surface area contributed by atoms with Gasteiger partial charge in [0.15, 0.2) is 0 Å². The quantitative estimate of drug-likeness (QED) is 0.623. The van der Waals surface area contributed by atoms with Crippen molar-refractivity contribution in [3.05, 3.63) is 0 Å². The SMILES string of the molecule is CCCC(C)(CCl)CCS(=O)(=O)CCC. The van der Waals surface area contributed by atoms with E-state index in [1.165, 1.54) is 0 Å². The van der Waals surface area contributed by atoms with Crippen molar-refractivity contribution in [3.8, 4) is 0 Å². The van der Waals surface area contributed by atoms with Gasteiger partial charge in [-0.3, -0.25) is 0 Å². The van der Waals surface area contributed by atoms with E-state index in [1.807, 2.05) is 6.92 Å². The fourth-order valence-electron chi connectivity index (χ4n) is 1.68. The molecule has 15 heavy (non-hydrogen) atoms. The first-order valence-electron chi connectivity index (χ1n) is 5.65. The number of alkyl halides is 1. The minimum absolute atomic E-state index is 0.0167. The van der Waals surface area contributed by atoms with Crippen LogP contribution < -0.4 is 0 Å². The number of rotatable bonds is 8. The Morgan fingerprint density at radius 2 is 1.67 bits per heavy atom. The van der Waals surface area contributed by atoms with Crippen molar-refractivity contribution in [2.45, 2.75) is 46.5 Å². The minimum atomic E-state index is -2.85. The maximum Gasteiger partial charge on any atom is 0.150 e. The highest BCUT2D eigenvalue weighted by molar-refractivity contribution is 7.91. The summed E-state index contributed by atoms with van der Waals surface area (Å²) in [4.78, 5) is 0. The fourth-order valence-corrected chi connectivity index (χ4v) is 3.57. The highest BCUT2D eigenvalue weighted by atomic mass is 35.5. The zero-order valence-corrected chi connectivity index (χ0v) is 11.6. The average molecular weight is 255 g/mol. The van der Waals surface area contributed by atoms with Crippen LogP contribution in [0.5, 0.6) is 0 Å². The zero-order chi connectivity index (χ0) is 11.9. The van der Waals surface area contributed by atoms with E-state index in [0.717, 1.165) is 12.8 Å². The van der Waals surface area contributed by atoms with Crippen LogP contribution in [0.2, 0.25) is 0 Å². The predicted molar refractivity (Wildman–Crippen MR) is 67.3 cm³/mol. The standard InChI is InChI=1S/C11H23ClO2S/c1-4-6-11(3,10-12)7-9-15(13,14)8-5-2/h4-10H2,1-3H3. The third-order valence-electron chi connectivity index (χ3n) is 2.71. The molecule has 0 aromatic heterocycles. The summed E-state index contributed by atoms with van der Waals surface area (Å²) in [6, 6.07) is 0. The lowest BCUT2D eigenvalue weighted by molar-refractivity contribution is 0.325. The molecule has 0 bridgehead atoms. The summed E-state index contributed by atoms with van der Waals surface area (Å²) < 4.78 is 23.1. The Morgan fingerprint density at radius 1 is 1.07 bits per heavy atom. The number of sulfone groups is 1. The smallest absolute Gasteiger partial charge is 0.150 e. The van der Waals surface area contributed by atoms with Crippen LogP contribution in [-0.4, -0.2) is 25.8 Å². The summed E-state index contributed by atoms with van der Waals surface area (Å²) in [5, 5.41) is 0. The van der Waals surface area contributed by atoms with Gasteiger partial charge >= 0.3 is 0 Å². The van der Waals surface area contributed by atoms with Crippen molar-refractivity contribution in [2.24, 2.45) is 5.41 Å². The Hall–Kier alpha value is 0.240. The van der Waals surface area contributed by atoms with Gasteiger partial charge in [0.2, 0.25) is 0 Å². The first kappa shape index (κ1) is 15.2. The normalized spacial score (nSPS) is 16.3. The van der Waals surface area contributed by atoms with Crippen LogP contribution in [-0.2, 0) is 9.84 Å². The number of halogens is 1. The van der Waals surface area contributed by atoms with Crippen molar-refractivity contribution in [3.63, 3.8) is 0 Å². The lowest BCUT2D eigenvalue weighted by atomic mass is 9.85. The van der Waals surface area contributed by atoms with E-state index in [4.69, 9.17) is 11.6 Å². The first-order chi connectivity index (χ1) is 6.89. The lowest BCUT2D eigenvalue weighted by Crippen LogP contribution is -2.23. The van der Waals surface area contributed by atoms with Gasteiger partial charge in [-0.1, -0.05) is 27.2 Å². The van der Waals surface area contributed by atoms with Gasteiger partial charge in [-0.2, -0.15) is 0 Å². The summed E-state index contributed by atoms with van der Waals surface area (Å²) in [5.74, 6) is 1.13. The van der Waals surface area contributed by atoms with Crippen molar-refractivity contribution >= 4 is 21.4 Å². The topological polar surface area (TPSA) is 34.1 Å². The summed E-state index contributed by atoms with van der Waals surface area (Å²) in [7, 11) is -2.85. The Morgan fingerprint density at radius 3 is 2.07 bits per heavy atom. The molecule has 0 saturated carbocycles. The fraction of sp³-hybridized carbons (Fsp3) is 1.00. The second kappa shape index (κ2) is 6.74. The van der Waals surface area contributed by atoms with E-state index in [1.54, 1.807) is 0 Å². The van der Waals surface area contributed by atoms with Crippen LogP contribution in [0.1, 0.15) is 46.5 Å². The highest BCUT2D eigenvalue weighted by Crippen LogP contribution is 2.29. The van der Waals surface area contributed by atoms with Gasteiger partial charge in [0.1, 0.15) is 9.84 Å². The molecular formula is C11H23ClO2S. The van der Waals surface area contributed by atoms with Crippen molar-refractivity contribution in [2.75, 3.05) is 17.4 Å². The van der Waals surface area contributed by atoms with Gasteiger partial charge in [0.05, 0.1) is 5.75 Å². The number of hydrogen-bond donors (Lipinski definition) is 0. The van der Waals surface area contributed by atoms with E-state index in [9.17, 15) is 8.42 Å². The Kier molecular flexibility index (Phi) is 6.85. The first-order valence-corrected chi connectivity index (χ1v) is 8.01. The third kappa shape index (κ3) is 6.41. The van der Waals surface area contributed by atoms with Crippen LogP contribution in [0, 0.1) is 5.41 Å². The lowest BCUT2D eigenvalue weighted by Gasteiger charge is -2.26. The summed E-state index contributed by atoms with van der Waals surface area (Å²) in [6.07, 6.45) is 3.44. The van der Waals surface area contributed by atoms with Crippen LogP contribution in [0.15, 0.2) is 0 Å². The van der Waals surface area contributed by atoms with Gasteiger partial charge in [0.25, 0.3) is 0 Å². The number of hydrogen-bond acceptors (Lipinski definition) is 2. The van der Waals surface area contributed by atoms with Crippen molar-refractivity contribution < 1.29 is 8.42 Å². The molecule has 0 heterocycles. The maximum atomic E-state index is 11.6. The van der Waals surface area contributed by atoms with Gasteiger partial charge < -0.3 is 0 Å². The molecule has 0 radical (unpaired) electrons. The zero-order valence-electron chi connectivity index (χ0n) is 10.1. The predicted octanol–water partition coefficient (Wildman–Crippen LogP) is 3.25. The summed E-state index contributed by atoms with van der Waals surface area (Å²) in [6.45, 7) is 6.07. The Balaban J connectivity index is 4.22. The van der Waals surface area contributed by atoms with Crippen LogP contribution in [0.3, 0.4) is 0 Å². The second-order valence-corrected chi connectivity index (χ2v) is 7.17. The van der Waals surface area contributed by atoms with Gasteiger partial charge in [-0.25, -0.2) is 8.42 Å². The molecule has 0 aliphatic heterocycles. The average Bonchev–Trinajstić information content (AvgIpc) is 2.16. The molecule has 2 nitrogen and oxygen atoms in total. The summed E-state index contributed by atoms with van der Waals surface area (Å²) in [5.41, 5.74) is -0.0167. The molecule has 1 unspecified atom stereocenters. The van der Waals surface area contributed by atoms with Crippen LogP contribution >= 0.6 is 11.6 Å². The molecule has 0 aliphatic rings. The van der Waals surface area contributed by atoms with Gasteiger partial charge in [-0.15, -0.1) is 11.6 Å². The van der Waals surface area contributed by atoms with E-state index in [0.29, 0.717) is 24.5 Å². The largest absolute Gasteiger partial charge is 0.229 e. The molecule has 0 fully saturated rings. The maximum absolute atomic E-state index is 11.6. The second-order valence-electron chi connectivity index (χ2n) is 4.60. The molecule has 0 aromatic carbocycles. The molecule has 0 saturated heterocycles. The van der Waals surface area contributed by atoms with Gasteiger partial charge in [0, 0.05) is 11.6 Å². The monoisotopic (exact) mass is 254 g/mol. The molecule has 92 valence electrons. The molecule has 0 rings (SSSR count). The molecule has 1 atom stereocenters. The van der Waals surface area contributed by atoms with Crippen molar-refractivity contribution in [1.29, 1.82) is 0 Å². The van der Waals surface area contributed by atoms with E-state index in [2.05, 4.69) is 13.8 Å². The minimum Gasteiger partial charge on any atom is -0.229 e. The van der Waals surface area contributed by atoms with Gasteiger partial charge in [-0.05, 0) is 24.7 Å². The molecule has 0 aromatic rings. The molecule has 4 heteroatoms. The molecule has 0 aliphatic carbocycles.